The van der Waals surface area contributed by atoms with Gasteiger partial charge in [-0.05, 0) is 47.9 Å². The lowest BCUT2D eigenvalue weighted by molar-refractivity contribution is -0.118. The Balaban J connectivity index is 1.37. The molecule has 6 heteroatoms. The van der Waals surface area contributed by atoms with E-state index in [1.165, 1.54) is 5.56 Å². The van der Waals surface area contributed by atoms with Crippen LogP contribution in [0.5, 0.6) is 5.75 Å². The molecule has 2 amide bonds. The predicted molar refractivity (Wildman–Crippen MR) is 123 cm³/mol. The van der Waals surface area contributed by atoms with E-state index in [1.54, 1.807) is 6.07 Å². The lowest BCUT2D eigenvalue weighted by Crippen LogP contribution is -2.23. The normalized spacial score (nSPS) is 12.5. The molecule has 0 fully saturated rings. The molecule has 0 saturated carbocycles. The fourth-order valence-electron chi connectivity index (χ4n) is 3.64. The molecule has 0 bridgehead atoms. The zero-order chi connectivity index (χ0) is 21.6. The number of anilines is 3. The molecule has 0 saturated heterocycles. The number of nitrogens with one attached hydrogen (secondary N) is 2. The fourth-order valence-corrected chi connectivity index (χ4v) is 3.64. The van der Waals surface area contributed by atoms with Crippen LogP contribution in [0.25, 0.3) is 0 Å². The summed E-state index contributed by atoms with van der Waals surface area (Å²) in [4.78, 5) is 26.1. The average molecular weight is 415 g/mol. The van der Waals surface area contributed by atoms with E-state index in [0.29, 0.717) is 18.6 Å². The topological polar surface area (TPSA) is 70.7 Å². The Labute approximate surface area is 181 Å². The van der Waals surface area contributed by atoms with Crippen molar-refractivity contribution in [1.82, 2.24) is 0 Å². The Morgan fingerprint density at radius 1 is 1.03 bits per heavy atom. The molecule has 1 heterocycles. The lowest BCUT2D eigenvalue weighted by atomic mass is 10.0. The van der Waals surface area contributed by atoms with Crippen LogP contribution < -0.4 is 20.3 Å². The Morgan fingerprint density at radius 3 is 2.65 bits per heavy atom. The van der Waals surface area contributed by atoms with Crippen molar-refractivity contribution in [3.05, 3.63) is 83.9 Å². The van der Waals surface area contributed by atoms with Gasteiger partial charge < -0.3 is 20.3 Å². The summed E-state index contributed by atoms with van der Waals surface area (Å²) < 4.78 is 5.69. The summed E-state index contributed by atoms with van der Waals surface area (Å²) in [6.45, 7) is 0.637. The third kappa shape index (κ3) is 5.22. The number of carbonyl (C=O) groups is 2. The molecule has 31 heavy (non-hydrogen) atoms. The molecule has 0 atom stereocenters. The number of fused-ring (bicyclic) bond motifs is 1. The van der Waals surface area contributed by atoms with E-state index >= 15 is 0 Å². The van der Waals surface area contributed by atoms with Gasteiger partial charge in [-0.1, -0.05) is 42.5 Å². The van der Waals surface area contributed by atoms with Crippen molar-refractivity contribution in [3.63, 3.8) is 0 Å². The quantitative estimate of drug-likeness (QED) is 0.606. The van der Waals surface area contributed by atoms with E-state index in [-0.39, 0.29) is 18.4 Å². The number of hydrogen-bond donors (Lipinski definition) is 2. The van der Waals surface area contributed by atoms with Crippen molar-refractivity contribution in [2.45, 2.75) is 19.4 Å². The molecule has 0 radical (unpaired) electrons. The zero-order valence-corrected chi connectivity index (χ0v) is 17.4. The highest BCUT2D eigenvalue weighted by atomic mass is 16.5. The van der Waals surface area contributed by atoms with Crippen LogP contribution in [0, 0.1) is 0 Å². The predicted octanol–water partition coefficient (Wildman–Crippen LogP) is 4.23. The Bertz CT molecular complexity index is 1080. The second-order valence-electron chi connectivity index (χ2n) is 7.56. The molecule has 0 spiro atoms. The Hall–Kier alpha value is -3.80. The van der Waals surface area contributed by atoms with Gasteiger partial charge in [0.05, 0.1) is 11.4 Å². The van der Waals surface area contributed by atoms with E-state index < -0.39 is 0 Å². The summed E-state index contributed by atoms with van der Waals surface area (Å²) in [5.41, 5.74) is 4.69. The highest BCUT2D eigenvalue weighted by Crippen LogP contribution is 2.28. The number of amides is 2. The molecule has 2 N–H and O–H groups in total. The second kappa shape index (κ2) is 9.34. The number of hydrogen-bond acceptors (Lipinski definition) is 4. The second-order valence-corrected chi connectivity index (χ2v) is 7.56. The molecule has 0 aromatic heterocycles. The smallest absolute Gasteiger partial charge is 0.262 e. The maximum atomic E-state index is 12.5. The Morgan fingerprint density at radius 2 is 1.81 bits per heavy atom. The molecular formula is C25H25N3O3. The average Bonchev–Trinajstić information content (AvgIpc) is 2.78. The van der Waals surface area contributed by atoms with E-state index in [4.69, 9.17) is 4.74 Å². The van der Waals surface area contributed by atoms with E-state index in [0.717, 1.165) is 29.2 Å². The van der Waals surface area contributed by atoms with Crippen LogP contribution in [-0.4, -0.2) is 25.5 Å². The van der Waals surface area contributed by atoms with Crippen molar-refractivity contribution in [3.8, 4) is 5.75 Å². The third-order valence-corrected chi connectivity index (χ3v) is 5.19. The minimum Gasteiger partial charge on any atom is -0.484 e. The van der Waals surface area contributed by atoms with Crippen LogP contribution in [0.3, 0.4) is 0 Å². The van der Waals surface area contributed by atoms with Gasteiger partial charge in [0.25, 0.3) is 5.91 Å². The highest BCUT2D eigenvalue weighted by Gasteiger charge is 2.16. The van der Waals surface area contributed by atoms with Gasteiger partial charge in [0, 0.05) is 25.7 Å². The first-order valence-electron chi connectivity index (χ1n) is 10.3. The van der Waals surface area contributed by atoms with Crippen LogP contribution in [-0.2, 0) is 22.6 Å². The maximum absolute atomic E-state index is 12.5. The van der Waals surface area contributed by atoms with Gasteiger partial charge in [-0.3, -0.25) is 9.59 Å². The number of carbonyl (C=O) groups excluding carboxylic acids is 2. The maximum Gasteiger partial charge on any atom is 0.262 e. The van der Waals surface area contributed by atoms with Crippen LogP contribution in [0.1, 0.15) is 17.5 Å². The van der Waals surface area contributed by atoms with Crippen molar-refractivity contribution in [2.24, 2.45) is 0 Å². The largest absolute Gasteiger partial charge is 0.484 e. The standard InChI is InChI=1S/C25H25N3O3/c1-28(16-18-7-3-2-4-8-18)23-10-6-5-9-22(23)27-25(30)17-31-20-12-13-21-19(15-20)11-14-24(29)26-21/h2-10,12-13,15H,11,14,16-17H2,1H3,(H,26,29)(H,27,30). The fraction of sp³-hybridized carbons (Fsp3) is 0.200. The molecule has 1 aliphatic heterocycles. The summed E-state index contributed by atoms with van der Waals surface area (Å²) in [6.07, 6.45) is 1.13. The molecule has 158 valence electrons. The van der Waals surface area contributed by atoms with Crippen molar-refractivity contribution in [1.29, 1.82) is 0 Å². The van der Waals surface area contributed by atoms with Crippen molar-refractivity contribution < 1.29 is 14.3 Å². The van der Waals surface area contributed by atoms with Gasteiger partial charge in [0.15, 0.2) is 6.61 Å². The molecule has 3 aromatic carbocycles. The minimum absolute atomic E-state index is 0.0245. The van der Waals surface area contributed by atoms with Crippen LogP contribution in [0.2, 0.25) is 0 Å². The van der Waals surface area contributed by atoms with Gasteiger partial charge in [-0.25, -0.2) is 0 Å². The number of aryl methyl sites for hydroxylation is 1. The molecule has 0 unspecified atom stereocenters. The summed E-state index contributed by atoms with van der Waals surface area (Å²) in [6, 6.07) is 23.4. The number of para-hydroxylation sites is 2. The van der Waals surface area contributed by atoms with Gasteiger partial charge in [0.2, 0.25) is 5.91 Å². The third-order valence-electron chi connectivity index (χ3n) is 5.19. The van der Waals surface area contributed by atoms with Crippen LogP contribution in [0.4, 0.5) is 17.1 Å². The molecule has 6 nitrogen and oxygen atoms in total. The number of benzene rings is 3. The van der Waals surface area contributed by atoms with Crippen LogP contribution >= 0.6 is 0 Å². The molecule has 0 aliphatic carbocycles. The van der Waals surface area contributed by atoms with E-state index in [1.807, 2.05) is 61.6 Å². The van der Waals surface area contributed by atoms with E-state index in [2.05, 4.69) is 27.7 Å². The summed E-state index contributed by atoms with van der Waals surface area (Å²) in [5, 5.41) is 5.79. The van der Waals surface area contributed by atoms with E-state index in [9.17, 15) is 9.59 Å². The summed E-state index contributed by atoms with van der Waals surface area (Å²) in [5.74, 6) is 0.405. The first-order valence-corrected chi connectivity index (χ1v) is 10.3. The summed E-state index contributed by atoms with van der Waals surface area (Å²) >= 11 is 0. The number of rotatable bonds is 7. The Kier molecular flexibility index (Phi) is 6.17. The first-order chi connectivity index (χ1) is 15.1. The van der Waals surface area contributed by atoms with Gasteiger partial charge in [-0.2, -0.15) is 0 Å². The van der Waals surface area contributed by atoms with Gasteiger partial charge >= 0.3 is 0 Å². The number of nitrogens with zero attached hydrogens (tertiary/aromatic N) is 1. The van der Waals surface area contributed by atoms with Crippen molar-refractivity contribution in [2.75, 3.05) is 29.2 Å². The first kappa shape index (κ1) is 20.5. The lowest BCUT2D eigenvalue weighted by Gasteiger charge is -2.23. The molecule has 1 aliphatic rings. The monoisotopic (exact) mass is 415 g/mol. The molecular weight excluding hydrogens is 390 g/mol. The van der Waals surface area contributed by atoms with Crippen molar-refractivity contribution >= 4 is 28.9 Å². The van der Waals surface area contributed by atoms with Gasteiger partial charge in [-0.15, -0.1) is 0 Å². The SMILES string of the molecule is CN(Cc1ccccc1)c1ccccc1NC(=O)COc1ccc2c(c1)CCC(=O)N2. The summed E-state index contributed by atoms with van der Waals surface area (Å²) in [7, 11) is 2.00. The number of ether oxygens (including phenoxy) is 1. The highest BCUT2D eigenvalue weighted by molar-refractivity contribution is 5.95. The minimum atomic E-state index is -0.230. The zero-order valence-electron chi connectivity index (χ0n) is 17.4. The molecule has 4 rings (SSSR count). The molecule has 3 aromatic rings. The van der Waals surface area contributed by atoms with Crippen LogP contribution in [0.15, 0.2) is 72.8 Å². The van der Waals surface area contributed by atoms with Gasteiger partial charge in [0.1, 0.15) is 5.75 Å².